The molecule has 3 heterocycles. The molecule has 8 heteroatoms. The van der Waals surface area contributed by atoms with E-state index in [4.69, 9.17) is 0 Å². The summed E-state index contributed by atoms with van der Waals surface area (Å²) < 4.78 is 0. The maximum absolute atomic E-state index is 10.1. The van der Waals surface area contributed by atoms with Gasteiger partial charge >= 0.3 is 0 Å². The van der Waals surface area contributed by atoms with Crippen LogP contribution in [-0.4, -0.2) is 42.4 Å². The lowest BCUT2D eigenvalue weighted by molar-refractivity contribution is 0.0943. The van der Waals surface area contributed by atoms with Gasteiger partial charge in [-0.1, -0.05) is 44.2 Å². The molecule has 4 N–H and O–H groups in total. The lowest BCUT2D eigenvalue weighted by Crippen LogP contribution is -2.30. The summed E-state index contributed by atoms with van der Waals surface area (Å²) in [6.45, 7) is 8.59. The molecule has 0 spiro atoms. The lowest BCUT2D eigenvalue weighted by atomic mass is 10.1. The quantitative estimate of drug-likeness (QED) is 0.328. The first-order valence-electron chi connectivity index (χ1n) is 10.8. The highest BCUT2D eigenvalue weighted by Gasteiger charge is 2.18. The van der Waals surface area contributed by atoms with E-state index in [1.54, 1.807) is 20.0 Å². The lowest BCUT2D eigenvalue weighted by Gasteiger charge is -2.18. The second-order valence-electron chi connectivity index (χ2n) is 8.82. The summed E-state index contributed by atoms with van der Waals surface area (Å²) in [5.74, 6) is 1.34. The molecule has 0 saturated heterocycles. The van der Waals surface area contributed by atoms with Gasteiger partial charge in [0.2, 0.25) is 5.95 Å². The predicted octanol–water partition coefficient (Wildman–Crippen LogP) is 4.33. The number of pyridine rings is 1. The summed E-state index contributed by atoms with van der Waals surface area (Å²) in [6.07, 6.45) is 1.80. The van der Waals surface area contributed by atoms with Gasteiger partial charge in [-0.25, -0.2) is 4.98 Å². The summed E-state index contributed by atoms with van der Waals surface area (Å²) in [5, 5.41) is 24.2. The molecule has 0 atom stereocenters. The number of aromatic amines is 1. The van der Waals surface area contributed by atoms with Crippen LogP contribution in [0.2, 0.25) is 0 Å². The van der Waals surface area contributed by atoms with Crippen LogP contribution < -0.4 is 10.6 Å². The zero-order valence-corrected chi connectivity index (χ0v) is 18.8. The van der Waals surface area contributed by atoms with E-state index < -0.39 is 5.60 Å². The largest absolute Gasteiger partial charge is 0.389 e. The van der Waals surface area contributed by atoms with Crippen LogP contribution in [0.5, 0.6) is 0 Å². The third-order valence-electron chi connectivity index (χ3n) is 5.06. The van der Waals surface area contributed by atoms with Crippen molar-refractivity contribution < 1.29 is 5.11 Å². The van der Waals surface area contributed by atoms with Crippen molar-refractivity contribution in [2.75, 3.05) is 17.2 Å². The third kappa shape index (κ3) is 5.03. The van der Waals surface area contributed by atoms with Crippen molar-refractivity contribution in [3.63, 3.8) is 0 Å². The first kappa shape index (κ1) is 21.7. The molecule has 0 aliphatic rings. The van der Waals surface area contributed by atoms with E-state index in [1.807, 2.05) is 18.2 Å². The highest BCUT2D eigenvalue weighted by molar-refractivity contribution is 5.88. The molecule has 4 rings (SSSR count). The number of aromatic nitrogens is 5. The molecule has 0 aliphatic carbocycles. The van der Waals surface area contributed by atoms with Gasteiger partial charge in [-0.3, -0.25) is 10.1 Å². The van der Waals surface area contributed by atoms with Gasteiger partial charge in [0, 0.05) is 24.8 Å². The zero-order valence-electron chi connectivity index (χ0n) is 18.8. The molecule has 0 bridgehead atoms. The second kappa shape index (κ2) is 8.92. The normalized spacial score (nSPS) is 11.8. The molecule has 166 valence electrons. The molecular weight excluding hydrogens is 402 g/mol. The number of hydrogen-bond acceptors (Lipinski definition) is 7. The Morgan fingerprint density at radius 2 is 1.78 bits per heavy atom. The molecule has 0 aliphatic heterocycles. The fourth-order valence-corrected chi connectivity index (χ4v) is 3.33. The zero-order chi connectivity index (χ0) is 22.7. The highest BCUT2D eigenvalue weighted by Crippen LogP contribution is 2.27. The minimum atomic E-state index is -0.876. The van der Waals surface area contributed by atoms with Gasteiger partial charge in [0.05, 0.1) is 17.0 Å². The fourth-order valence-electron chi connectivity index (χ4n) is 3.33. The van der Waals surface area contributed by atoms with Crippen LogP contribution in [0.25, 0.3) is 22.3 Å². The first-order chi connectivity index (χ1) is 15.3. The van der Waals surface area contributed by atoms with Crippen LogP contribution in [0, 0.1) is 0 Å². The van der Waals surface area contributed by atoms with E-state index >= 15 is 0 Å². The Bertz CT molecular complexity index is 1180. The monoisotopic (exact) mass is 431 g/mol. The van der Waals surface area contributed by atoms with Crippen LogP contribution >= 0.6 is 0 Å². The summed E-state index contributed by atoms with van der Waals surface area (Å²) in [7, 11) is 0. The Morgan fingerprint density at radius 3 is 2.44 bits per heavy atom. The topological polar surface area (TPSA) is 112 Å². The van der Waals surface area contributed by atoms with Crippen molar-refractivity contribution in [1.29, 1.82) is 0 Å². The Hall–Kier alpha value is -3.52. The van der Waals surface area contributed by atoms with Gasteiger partial charge in [0.25, 0.3) is 0 Å². The molecule has 0 unspecified atom stereocenters. The van der Waals surface area contributed by atoms with Crippen LogP contribution in [-0.2, 0) is 6.54 Å². The van der Waals surface area contributed by atoms with E-state index in [0.717, 1.165) is 28.0 Å². The molecule has 8 nitrogen and oxygen atoms in total. The van der Waals surface area contributed by atoms with E-state index in [-0.39, 0.29) is 5.92 Å². The number of fused-ring (bicyclic) bond motifs is 1. The maximum Gasteiger partial charge on any atom is 0.225 e. The highest BCUT2D eigenvalue weighted by atomic mass is 16.3. The van der Waals surface area contributed by atoms with Gasteiger partial charge in [-0.05, 0) is 37.5 Å². The number of H-pyrrole nitrogens is 1. The number of nitrogens with one attached hydrogen (secondary N) is 3. The van der Waals surface area contributed by atoms with Crippen molar-refractivity contribution in [3.05, 3.63) is 59.9 Å². The van der Waals surface area contributed by atoms with Gasteiger partial charge in [0.15, 0.2) is 11.3 Å². The van der Waals surface area contributed by atoms with Crippen molar-refractivity contribution in [2.24, 2.45) is 0 Å². The van der Waals surface area contributed by atoms with E-state index in [1.165, 1.54) is 0 Å². The Labute approximate surface area is 187 Å². The molecule has 4 aromatic rings. The van der Waals surface area contributed by atoms with Gasteiger partial charge in [0.1, 0.15) is 5.52 Å². The molecule has 3 aromatic heterocycles. The third-order valence-corrected chi connectivity index (χ3v) is 5.06. The number of benzene rings is 1. The smallest absolute Gasteiger partial charge is 0.225 e. The van der Waals surface area contributed by atoms with Gasteiger partial charge in [-0.2, -0.15) is 10.1 Å². The second-order valence-corrected chi connectivity index (χ2v) is 8.82. The number of hydrogen-bond donors (Lipinski definition) is 4. The molecular formula is C24H29N7O. The average Bonchev–Trinajstić information content (AvgIpc) is 3.21. The minimum Gasteiger partial charge on any atom is -0.389 e. The molecule has 0 fully saturated rings. The molecule has 32 heavy (non-hydrogen) atoms. The first-order valence-corrected chi connectivity index (χ1v) is 10.8. The van der Waals surface area contributed by atoms with Gasteiger partial charge < -0.3 is 15.7 Å². The van der Waals surface area contributed by atoms with Crippen molar-refractivity contribution in [1.82, 2.24) is 25.1 Å². The fraction of sp³-hybridized carbons (Fsp3) is 0.333. The predicted molar refractivity (Wildman–Crippen MR) is 128 cm³/mol. The molecule has 1 aromatic carbocycles. The Morgan fingerprint density at radius 1 is 1.00 bits per heavy atom. The summed E-state index contributed by atoms with van der Waals surface area (Å²) in [5.41, 5.74) is 4.70. The summed E-state index contributed by atoms with van der Waals surface area (Å²) >= 11 is 0. The van der Waals surface area contributed by atoms with E-state index in [9.17, 15) is 5.11 Å². The van der Waals surface area contributed by atoms with Crippen LogP contribution in [0.1, 0.15) is 44.9 Å². The van der Waals surface area contributed by atoms with Crippen LogP contribution in [0.3, 0.4) is 0 Å². The van der Waals surface area contributed by atoms with Crippen LogP contribution in [0.4, 0.5) is 11.8 Å². The Kier molecular flexibility index (Phi) is 6.05. The SMILES string of the molecule is CC(C)c1[nH]nc2c(NCc3ccc(-c4ccccn4)cc3)nc(NCC(C)(C)O)nc12. The van der Waals surface area contributed by atoms with Gasteiger partial charge in [-0.15, -0.1) is 0 Å². The minimum absolute atomic E-state index is 0.240. The summed E-state index contributed by atoms with van der Waals surface area (Å²) in [6, 6.07) is 14.2. The number of nitrogens with zero attached hydrogens (tertiary/aromatic N) is 4. The maximum atomic E-state index is 10.1. The number of rotatable bonds is 8. The molecule has 0 amide bonds. The number of aliphatic hydroxyl groups is 1. The average molecular weight is 432 g/mol. The molecule has 0 saturated carbocycles. The van der Waals surface area contributed by atoms with Crippen molar-refractivity contribution in [2.45, 2.75) is 45.8 Å². The number of anilines is 2. The van der Waals surface area contributed by atoms with E-state index in [2.05, 4.69) is 73.9 Å². The standard InChI is InChI=1S/C24H29N7O/c1-15(2)19-20-21(31-30-19)22(29-23(28-20)27-14-24(3,4)32)26-13-16-8-10-17(11-9-16)18-7-5-6-12-25-18/h5-12,15,32H,13-14H2,1-4H3,(H,30,31)(H2,26,27,28,29). The van der Waals surface area contributed by atoms with Crippen LogP contribution in [0.15, 0.2) is 48.7 Å². The van der Waals surface area contributed by atoms with E-state index in [0.29, 0.717) is 30.4 Å². The van der Waals surface area contributed by atoms with Crippen molar-refractivity contribution >= 4 is 22.8 Å². The Balaban J connectivity index is 1.57. The summed E-state index contributed by atoms with van der Waals surface area (Å²) in [4.78, 5) is 13.7. The van der Waals surface area contributed by atoms with Crippen molar-refractivity contribution in [3.8, 4) is 11.3 Å². The molecule has 0 radical (unpaired) electrons.